The van der Waals surface area contributed by atoms with E-state index in [4.69, 9.17) is 0 Å². The SMILES string of the molecule is O=C(Nc1ccc(F)c([N+](=O)[O-])c1)c1ccc2ccccc2c1. The molecule has 6 heteroatoms. The number of carbonyl (C=O) groups is 1. The van der Waals surface area contributed by atoms with Crippen LogP contribution >= 0.6 is 0 Å². The van der Waals surface area contributed by atoms with E-state index in [0.29, 0.717) is 5.56 Å². The van der Waals surface area contributed by atoms with Gasteiger partial charge < -0.3 is 5.32 Å². The molecule has 3 rings (SSSR count). The number of rotatable bonds is 3. The number of nitrogens with zero attached hydrogens (tertiary/aromatic N) is 1. The summed E-state index contributed by atoms with van der Waals surface area (Å²) in [5.41, 5.74) is -0.103. The number of amides is 1. The number of anilines is 1. The summed E-state index contributed by atoms with van der Waals surface area (Å²) in [5, 5.41) is 15.2. The fourth-order valence-corrected chi connectivity index (χ4v) is 2.26. The minimum Gasteiger partial charge on any atom is -0.322 e. The minimum atomic E-state index is -0.946. The lowest BCUT2D eigenvalue weighted by atomic mass is 10.1. The second kappa shape index (κ2) is 5.84. The molecule has 0 bridgehead atoms. The molecule has 0 unspecified atom stereocenters. The van der Waals surface area contributed by atoms with Crippen LogP contribution in [0, 0.1) is 15.9 Å². The molecular formula is C17H11FN2O3. The Balaban J connectivity index is 1.88. The van der Waals surface area contributed by atoms with Gasteiger partial charge >= 0.3 is 5.69 Å². The second-order valence-corrected chi connectivity index (χ2v) is 4.94. The molecule has 0 atom stereocenters. The molecule has 0 spiro atoms. The summed E-state index contributed by atoms with van der Waals surface area (Å²) >= 11 is 0. The van der Waals surface area contributed by atoms with E-state index in [0.717, 1.165) is 22.9 Å². The number of benzene rings is 3. The van der Waals surface area contributed by atoms with Gasteiger partial charge in [-0.3, -0.25) is 14.9 Å². The molecule has 114 valence electrons. The van der Waals surface area contributed by atoms with Crippen LogP contribution < -0.4 is 5.32 Å². The first-order chi connectivity index (χ1) is 11.0. The second-order valence-electron chi connectivity index (χ2n) is 4.94. The first kappa shape index (κ1) is 14.6. The number of nitro benzene ring substituents is 1. The minimum absolute atomic E-state index is 0.163. The van der Waals surface area contributed by atoms with E-state index < -0.39 is 22.3 Å². The number of fused-ring (bicyclic) bond motifs is 1. The van der Waals surface area contributed by atoms with Gasteiger partial charge in [0.15, 0.2) is 0 Å². The van der Waals surface area contributed by atoms with Gasteiger partial charge in [0.25, 0.3) is 5.91 Å². The number of hydrogen-bond acceptors (Lipinski definition) is 3. The molecule has 1 amide bonds. The Morgan fingerprint density at radius 1 is 1.00 bits per heavy atom. The standard InChI is InChI=1S/C17H11FN2O3/c18-15-8-7-14(10-16(15)20(22)23)19-17(21)13-6-5-11-3-1-2-4-12(11)9-13/h1-10H,(H,19,21). The van der Waals surface area contributed by atoms with Gasteiger partial charge in [-0.15, -0.1) is 0 Å². The van der Waals surface area contributed by atoms with E-state index in [1.54, 1.807) is 12.1 Å². The molecule has 0 heterocycles. The Bertz CT molecular complexity index is 925. The van der Waals surface area contributed by atoms with Gasteiger partial charge in [-0.2, -0.15) is 4.39 Å². The third kappa shape index (κ3) is 3.01. The summed E-state index contributed by atoms with van der Waals surface area (Å²) in [6.45, 7) is 0. The summed E-state index contributed by atoms with van der Waals surface area (Å²) in [6, 6.07) is 16.0. The van der Waals surface area contributed by atoms with Crippen molar-refractivity contribution in [3.63, 3.8) is 0 Å². The van der Waals surface area contributed by atoms with Gasteiger partial charge in [-0.25, -0.2) is 0 Å². The predicted octanol–water partition coefficient (Wildman–Crippen LogP) is 4.14. The van der Waals surface area contributed by atoms with Gasteiger partial charge in [-0.1, -0.05) is 30.3 Å². The molecule has 23 heavy (non-hydrogen) atoms. The van der Waals surface area contributed by atoms with E-state index in [9.17, 15) is 19.3 Å². The fraction of sp³-hybridized carbons (Fsp3) is 0. The van der Waals surface area contributed by atoms with Gasteiger partial charge in [-0.05, 0) is 35.0 Å². The molecule has 1 N–H and O–H groups in total. The maximum Gasteiger partial charge on any atom is 0.306 e. The van der Waals surface area contributed by atoms with Crippen LogP contribution in [0.15, 0.2) is 60.7 Å². The maximum atomic E-state index is 13.3. The van der Waals surface area contributed by atoms with Crippen LogP contribution in [0.1, 0.15) is 10.4 Å². The first-order valence-corrected chi connectivity index (χ1v) is 6.79. The van der Waals surface area contributed by atoms with Crippen molar-refractivity contribution in [2.75, 3.05) is 5.32 Å². The van der Waals surface area contributed by atoms with Gasteiger partial charge in [0.2, 0.25) is 5.82 Å². The zero-order chi connectivity index (χ0) is 16.4. The Labute approximate surface area is 130 Å². The van der Waals surface area contributed by atoms with E-state index in [1.165, 1.54) is 6.07 Å². The zero-order valence-electron chi connectivity index (χ0n) is 11.8. The van der Waals surface area contributed by atoms with Crippen LogP contribution in [0.25, 0.3) is 10.8 Å². The Hall–Kier alpha value is -3.28. The van der Waals surface area contributed by atoms with E-state index in [-0.39, 0.29) is 5.69 Å². The maximum absolute atomic E-state index is 13.3. The first-order valence-electron chi connectivity index (χ1n) is 6.79. The number of nitrogens with one attached hydrogen (secondary N) is 1. The van der Waals surface area contributed by atoms with Crippen molar-refractivity contribution in [3.05, 3.63) is 82.2 Å². The van der Waals surface area contributed by atoms with Crippen LogP contribution in [0.5, 0.6) is 0 Å². The van der Waals surface area contributed by atoms with Crippen LogP contribution in [-0.4, -0.2) is 10.8 Å². The van der Waals surface area contributed by atoms with Crippen molar-refractivity contribution >= 4 is 28.1 Å². The van der Waals surface area contributed by atoms with Crippen molar-refractivity contribution in [1.29, 1.82) is 0 Å². The molecule has 0 fully saturated rings. The van der Waals surface area contributed by atoms with Crippen molar-refractivity contribution in [2.24, 2.45) is 0 Å². The highest BCUT2D eigenvalue weighted by molar-refractivity contribution is 6.06. The number of halogens is 1. The fourth-order valence-electron chi connectivity index (χ4n) is 2.26. The van der Waals surface area contributed by atoms with E-state index >= 15 is 0 Å². The highest BCUT2D eigenvalue weighted by Gasteiger charge is 2.15. The Morgan fingerprint density at radius 2 is 1.74 bits per heavy atom. The lowest BCUT2D eigenvalue weighted by Gasteiger charge is -2.06. The Morgan fingerprint density at radius 3 is 2.48 bits per heavy atom. The summed E-state index contributed by atoms with van der Waals surface area (Å²) in [7, 11) is 0. The molecule has 0 saturated heterocycles. The third-order valence-corrected chi connectivity index (χ3v) is 3.41. The summed E-state index contributed by atoms with van der Waals surface area (Å²) < 4.78 is 13.3. The topological polar surface area (TPSA) is 72.2 Å². The highest BCUT2D eigenvalue weighted by atomic mass is 19.1. The number of nitro groups is 1. The van der Waals surface area contributed by atoms with Crippen LogP contribution in [0.2, 0.25) is 0 Å². The monoisotopic (exact) mass is 310 g/mol. The van der Waals surface area contributed by atoms with Crippen LogP contribution in [0.3, 0.4) is 0 Å². The zero-order valence-corrected chi connectivity index (χ0v) is 11.8. The molecule has 0 aliphatic rings. The molecule has 0 aliphatic heterocycles. The van der Waals surface area contributed by atoms with Crippen molar-refractivity contribution in [1.82, 2.24) is 0 Å². The molecule has 0 radical (unpaired) electrons. The smallest absolute Gasteiger partial charge is 0.306 e. The van der Waals surface area contributed by atoms with E-state index in [1.807, 2.05) is 30.3 Å². The largest absolute Gasteiger partial charge is 0.322 e. The van der Waals surface area contributed by atoms with Crippen LogP contribution in [-0.2, 0) is 0 Å². The normalized spacial score (nSPS) is 10.5. The lowest BCUT2D eigenvalue weighted by Crippen LogP contribution is -2.12. The summed E-state index contributed by atoms with van der Waals surface area (Å²) in [6.07, 6.45) is 0. The van der Waals surface area contributed by atoms with Gasteiger partial charge in [0, 0.05) is 17.3 Å². The average Bonchev–Trinajstić information content (AvgIpc) is 2.55. The van der Waals surface area contributed by atoms with Crippen molar-refractivity contribution < 1.29 is 14.1 Å². The Kier molecular flexibility index (Phi) is 3.72. The van der Waals surface area contributed by atoms with Crippen molar-refractivity contribution in [3.8, 4) is 0 Å². The molecular weight excluding hydrogens is 299 g/mol. The lowest BCUT2D eigenvalue weighted by molar-refractivity contribution is -0.387. The predicted molar refractivity (Wildman–Crippen MR) is 85.0 cm³/mol. The molecule has 0 aromatic heterocycles. The number of carbonyl (C=O) groups excluding carboxylic acids is 1. The quantitative estimate of drug-likeness (QED) is 0.583. The average molecular weight is 310 g/mol. The van der Waals surface area contributed by atoms with Crippen LogP contribution in [0.4, 0.5) is 15.8 Å². The van der Waals surface area contributed by atoms with Gasteiger partial charge in [0.1, 0.15) is 0 Å². The number of hydrogen-bond donors (Lipinski definition) is 1. The van der Waals surface area contributed by atoms with E-state index in [2.05, 4.69) is 5.32 Å². The third-order valence-electron chi connectivity index (χ3n) is 3.41. The molecule has 0 aliphatic carbocycles. The van der Waals surface area contributed by atoms with Gasteiger partial charge in [0.05, 0.1) is 4.92 Å². The summed E-state index contributed by atoms with van der Waals surface area (Å²) in [4.78, 5) is 22.1. The molecule has 0 saturated carbocycles. The molecule has 5 nitrogen and oxygen atoms in total. The highest BCUT2D eigenvalue weighted by Crippen LogP contribution is 2.22. The molecule has 3 aromatic rings. The summed E-state index contributed by atoms with van der Waals surface area (Å²) in [5.74, 6) is -1.37. The molecule has 3 aromatic carbocycles. The van der Waals surface area contributed by atoms with Crippen molar-refractivity contribution in [2.45, 2.75) is 0 Å².